The number of fused-ring (bicyclic) bond motifs is 1. The minimum Gasteiger partial charge on any atom is -0.480 e. The number of nitrogens with zero attached hydrogens (tertiary/aromatic N) is 1. The highest BCUT2D eigenvalue weighted by Gasteiger charge is 2.57. The molecule has 2 aromatic carbocycles. The van der Waals surface area contributed by atoms with E-state index in [1.165, 1.54) is 45.4 Å². The van der Waals surface area contributed by atoms with Crippen molar-refractivity contribution in [1.29, 1.82) is 0 Å². The lowest BCUT2D eigenvalue weighted by atomic mass is 9.49. The second-order valence-corrected chi connectivity index (χ2v) is 15.6. The Hall–Kier alpha value is -3.68. The molecule has 8 nitrogen and oxygen atoms in total. The first-order chi connectivity index (χ1) is 22.2. The van der Waals surface area contributed by atoms with Gasteiger partial charge in [0.2, 0.25) is 17.7 Å². The Balaban J connectivity index is 1.11. The molecule has 1 heterocycles. The van der Waals surface area contributed by atoms with Gasteiger partial charge in [-0.25, -0.2) is 0 Å². The van der Waals surface area contributed by atoms with E-state index in [2.05, 4.69) is 34.9 Å². The summed E-state index contributed by atoms with van der Waals surface area (Å²) >= 11 is 0. The van der Waals surface area contributed by atoms with Gasteiger partial charge in [-0.2, -0.15) is 0 Å². The van der Waals surface area contributed by atoms with Crippen molar-refractivity contribution in [1.82, 2.24) is 15.5 Å². The van der Waals surface area contributed by atoms with Gasteiger partial charge < -0.3 is 20.6 Å². The molecule has 3 N–H and O–H groups in total. The number of carbonyl (C=O) groups is 4. The van der Waals surface area contributed by atoms with Crippen molar-refractivity contribution in [2.45, 2.75) is 88.6 Å². The smallest absolute Gasteiger partial charge is 0.325 e. The van der Waals surface area contributed by atoms with Crippen LogP contribution in [-0.4, -0.2) is 58.9 Å². The van der Waals surface area contributed by atoms with Crippen molar-refractivity contribution in [3.63, 3.8) is 0 Å². The Morgan fingerprint density at radius 2 is 1.37 bits per heavy atom. The van der Waals surface area contributed by atoms with Crippen LogP contribution in [0.1, 0.15) is 98.8 Å². The number of amides is 3. The number of benzene rings is 2. The van der Waals surface area contributed by atoms with Gasteiger partial charge in [0.15, 0.2) is 0 Å². The molecule has 0 aromatic heterocycles. The highest BCUT2D eigenvalue weighted by Crippen LogP contribution is 2.61. The second-order valence-electron chi connectivity index (χ2n) is 15.6. The highest BCUT2D eigenvalue weighted by atomic mass is 16.4. The maximum absolute atomic E-state index is 14.9. The maximum atomic E-state index is 14.9. The quantitative estimate of drug-likeness (QED) is 0.390. The molecule has 7 aliphatic carbocycles. The third kappa shape index (κ3) is 4.85. The Morgan fingerprint density at radius 3 is 1.89 bits per heavy atom. The molecule has 6 bridgehead atoms. The number of hydrogen-bond acceptors (Lipinski definition) is 4. The van der Waals surface area contributed by atoms with Gasteiger partial charge in [0.1, 0.15) is 6.04 Å². The van der Waals surface area contributed by atoms with Crippen molar-refractivity contribution in [2.24, 2.45) is 35.0 Å². The monoisotopic (exact) mass is 623 g/mol. The highest BCUT2D eigenvalue weighted by molar-refractivity contribution is 5.93. The van der Waals surface area contributed by atoms with Crippen molar-refractivity contribution in [3.05, 3.63) is 70.8 Å². The molecule has 2 aromatic rings. The molecule has 4 atom stereocenters. The lowest BCUT2D eigenvalue weighted by Gasteiger charge is -2.57. The normalized spacial score (nSPS) is 35.3. The third-order valence-electron chi connectivity index (χ3n) is 12.7. The summed E-state index contributed by atoms with van der Waals surface area (Å²) in [4.78, 5) is 55.6. The molecular weight excluding hydrogens is 578 g/mol. The first-order valence-electron chi connectivity index (χ1n) is 17.5. The molecular formula is C38H45N3O5. The molecule has 0 spiro atoms. The number of rotatable bonds is 8. The fourth-order valence-corrected chi connectivity index (χ4v) is 11.3. The fourth-order valence-electron chi connectivity index (χ4n) is 11.3. The van der Waals surface area contributed by atoms with Crippen LogP contribution in [0.5, 0.6) is 0 Å². The molecule has 46 heavy (non-hydrogen) atoms. The predicted octanol–water partition coefficient (Wildman–Crippen LogP) is 4.81. The first kappa shape index (κ1) is 29.7. The largest absolute Gasteiger partial charge is 0.480 e. The average molecular weight is 624 g/mol. The summed E-state index contributed by atoms with van der Waals surface area (Å²) in [6.45, 7) is 2.67. The predicted molar refractivity (Wildman–Crippen MR) is 172 cm³/mol. The molecule has 3 amide bonds. The van der Waals surface area contributed by atoms with Gasteiger partial charge >= 0.3 is 5.97 Å². The number of likely N-dealkylation sites (tertiary alicyclic amines) is 1. The summed E-state index contributed by atoms with van der Waals surface area (Å²) in [5, 5.41) is 15.3. The number of carboxylic acids is 1. The lowest BCUT2D eigenvalue weighted by molar-refractivity contribution is -0.146. The number of hydrogen-bond donors (Lipinski definition) is 3. The van der Waals surface area contributed by atoms with Crippen LogP contribution in [0.25, 0.3) is 0 Å². The summed E-state index contributed by atoms with van der Waals surface area (Å²) in [5.74, 6) is -0.737. The molecule has 1 saturated heterocycles. The molecule has 4 saturated carbocycles. The maximum Gasteiger partial charge on any atom is 0.325 e. The Labute approximate surface area is 270 Å². The van der Waals surface area contributed by atoms with E-state index in [4.69, 9.17) is 0 Å². The van der Waals surface area contributed by atoms with Crippen LogP contribution in [0.4, 0.5) is 0 Å². The Morgan fingerprint density at radius 1 is 0.848 bits per heavy atom. The first-order valence-corrected chi connectivity index (χ1v) is 17.5. The van der Waals surface area contributed by atoms with Crippen molar-refractivity contribution >= 4 is 23.7 Å². The summed E-state index contributed by atoms with van der Waals surface area (Å²) in [5.41, 5.74) is 4.72. The fraction of sp³-hybridized carbons (Fsp3) is 0.579. The van der Waals surface area contributed by atoms with Crippen molar-refractivity contribution < 1.29 is 24.3 Å². The van der Waals surface area contributed by atoms with E-state index in [1.54, 1.807) is 0 Å². The van der Waals surface area contributed by atoms with Crippen LogP contribution < -0.4 is 10.6 Å². The zero-order chi connectivity index (χ0) is 31.7. The van der Waals surface area contributed by atoms with Gasteiger partial charge in [0, 0.05) is 37.4 Å². The third-order valence-corrected chi connectivity index (χ3v) is 12.7. The number of nitrogens with one attached hydrogen (secondary N) is 2. The van der Waals surface area contributed by atoms with E-state index in [-0.39, 0.29) is 47.4 Å². The molecule has 242 valence electrons. The Bertz CT molecular complexity index is 1500. The van der Waals surface area contributed by atoms with E-state index in [9.17, 15) is 24.3 Å². The van der Waals surface area contributed by atoms with E-state index >= 15 is 0 Å². The molecule has 0 radical (unpaired) electrons. The Kier molecular flexibility index (Phi) is 7.26. The summed E-state index contributed by atoms with van der Waals surface area (Å²) < 4.78 is 0. The lowest BCUT2D eigenvalue weighted by Crippen LogP contribution is -2.56. The van der Waals surface area contributed by atoms with E-state index in [0.717, 1.165) is 46.4 Å². The number of carbonyl (C=O) groups excluding carboxylic acids is 3. The number of carboxylic acid groups (broad SMARTS) is 1. The minimum atomic E-state index is -1.09. The van der Waals surface area contributed by atoms with Gasteiger partial charge in [0.25, 0.3) is 0 Å². The van der Waals surface area contributed by atoms with Gasteiger partial charge in [-0.05, 0) is 104 Å². The van der Waals surface area contributed by atoms with Gasteiger partial charge in [-0.3, -0.25) is 19.2 Å². The van der Waals surface area contributed by atoms with Crippen LogP contribution >= 0.6 is 0 Å². The van der Waals surface area contributed by atoms with Gasteiger partial charge in [-0.1, -0.05) is 48.5 Å². The van der Waals surface area contributed by atoms with Crippen LogP contribution in [0, 0.1) is 35.0 Å². The van der Waals surface area contributed by atoms with Crippen LogP contribution in [0.3, 0.4) is 0 Å². The van der Waals surface area contributed by atoms with Crippen molar-refractivity contribution in [3.8, 4) is 0 Å². The zero-order valence-electron chi connectivity index (χ0n) is 26.6. The minimum absolute atomic E-state index is 0.0168. The SMILES string of the molecule is C[C@@H](NC(=O)C[C@@H]1CCCN1C(=O)C1C2c3ccccc3C(c3ccccc32)C1C(=O)NCC12CC3CC(CC(C3)C1)C2)C(=O)O. The molecule has 8 aliphatic rings. The van der Waals surface area contributed by atoms with Crippen LogP contribution in [-0.2, 0) is 19.2 Å². The average Bonchev–Trinajstić information content (AvgIpc) is 3.50. The zero-order valence-corrected chi connectivity index (χ0v) is 26.6. The van der Waals surface area contributed by atoms with E-state index < -0.39 is 23.8 Å². The molecule has 5 fully saturated rings. The second kappa shape index (κ2) is 11.2. The van der Waals surface area contributed by atoms with E-state index in [1.807, 2.05) is 29.2 Å². The van der Waals surface area contributed by atoms with Gasteiger partial charge in [0.05, 0.1) is 11.8 Å². The topological polar surface area (TPSA) is 116 Å². The molecule has 8 heteroatoms. The van der Waals surface area contributed by atoms with Crippen LogP contribution in [0.2, 0.25) is 0 Å². The molecule has 10 rings (SSSR count). The summed E-state index contributed by atoms with van der Waals surface area (Å²) in [6.07, 6.45) is 9.20. The van der Waals surface area contributed by atoms with Gasteiger partial charge in [-0.15, -0.1) is 0 Å². The molecule has 1 aliphatic heterocycles. The number of aliphatic carboxylic acids is 1. The standard InChI is InChI=1S/C38H45N3O5/c1-21(37(45)46)40-30(42)16-25-7-6-12-41(25)36(44)34-32-28-10-4-2-8-26(28)31(27-9-3-5-11-29(27)32)33(34)35(43)39-20-38-17-22-13-23(18-38)15-24(14-22)19-38/h2-5,8-11,21-25,31-34H,6-7,12-20H2,1H3,(H,39,43)(H,40,42)(H,45,46)/t21-,22?,23?,24?,25+,31?,32?,33?,34?,38?/m1/s1. The van der Waals surface area contributed by atoms with E-state index in [0.29, 0.717) is 19.5 Å². The molecule has 2 unspecified atom stereocenters. The van der Waals surface area contributed by atoms with Crippen molar-refractivity contribution in [2.75, 3.05) is 13.1 Å². The summed E-state index contributed by atoms with van der Waals surface area (Å²) in [7, 11) is 0. The summed E-state index contributed by atoms with van der Waals surface area (Å²) in [6, 6.07) is 15.3. The van der Waals surface area contributed by atoms with Crippen LogP contribution in [0.15, 0.2) is 48.5 Å².